The zero-order valence-corrected chi connectivity index (χ0v) is 17.7. The second-order valence-electron chi connectivity index (χ2n) is 7.31. The van der Waals surface area contributed by atoms with Crippen LogP contribution in [0.25, 0.3) is 0 Å². The number of benzene rings is 2. The number of sulfonamides is 1. The van der Waals surface area contributed by atoms with Gasteiger partial charge in [0.25, 0.3) is 0 Å². The van der Waals surface area contributed by atoms with Gasteiger partial charge in [-0.2, -0.15) is 4.31 Å². The molecule has 1 aliphatic rings. The number of amides is 1. The average molecular weight is 417 g/mol. The van der Waals surface area contributed by atoms with Crippen molar-refractivity contribution in [3.8, 4) is 5.75 Å². The smallest absolute Gasteiger partial charge is 0.243 e. The predicted octanol–water partition coefficient (Wildman–Crippen LogP) is 3.11. The number of carbonyl (C=O) groups is 1. The Balaban J connectivity index is 1.62. The molecule has 29 heavy (non-hydrogen) atoms. The number of hydrogen-bond donors (Lipinski definition) is 1. The van der Waals surface area contributed by atoms with Gasteiger partial charge in [-0.1, -0.05) is 29.8 Å². The molecule has 0 bridgehead atoms. The van der Waals surface area contributed by atoms with Crippen LogP contribution in [0.15, 0.2) is 53.4 Å². The Morgan fingerprint density at radius 3 is 2.48 bits per heavy atom. The highest BCUT2D eigenvalue weighted by Crippen LogP contribution is 2.25. The van der Waals surface area contributed by atoms with Crippen LogP contribution < -0.4 is 10.1 Å². The minimum Gasteiger partial charge on any atom is -0.494 e. The van der Waals surface area contributed by atoms with Crippen molar-refractivity contribution >= 4 is 15.9 Å². The molecule has 0 spiro atoms. The number of ether oxygens (including phenoxy) is 1. The highest BCUT2D eigenvalue weighted by molar-refractivity contribution is 7.89. The van der Waals surface area contributed by atoms with Crippen molar-refractivity contribution in [2.45, 2.75) is 38.1 Å². The van der Waals surface area contributed by atoms with Crippen LogP contribution in [0.4, 0.5) is 0 Å². The van der Waals surface area contributed by atoms with E-state index in [0.717, 1.165) is 5.56 Å². The first kappa shape index (κ1) is 21.3. The molecule has 0 saturated carbocycles. The van der Waals surface area contributed by atoms with Crippen molar-refractivity contribution in [3.05, 3.63) is 59.7 Å². The summed E-state index contributed by atoms with van der Waals surface area (Å²) < 4.78 is 32.8. The zero-order chi connectivity index (χ0) is 20.9. The van der Waals surface area contributed by atoms with Crippen LogP contribution in [0.3, 0.4) is 0 Å². The quantitative estimate of drug-likeness (QED) is 0.753. The number of nitrogens with one attached hydrogen (secondary N) is 1. The van der Waals surface area contributed by atoms with Crippen LogP contribution in [-0.2, 0) is 21.4 Å². The van der Waals surface area contributed by atoms with Crippen molar-refractivity contribution in [2.24, 2.45) is 5.92 Å². The number of piperidine rings is 1. The molecule has 7 heteroatoms. The van der Waals surface area contributed by atoms with Crippen LogP contribution in [0, 0.1) is 12.8 Å². The Bertz CT molecular complexity index is 924. The van der Waals surface area contributed by atoms with Crippen LogP contribution in [0.1, 0.15) is 30.9 Å². The molecule has 0 radical (unpaired) electrons. The van der Waals surface area contributed by atoms with E-state index in [4.69, 9.17) is 4.74 Å². The van der Waals surface area contributed by atoms with E-state index in [-0.39, 0.29) is 23.3 Å². The molecule has 0 unspecified atom stereocenters. The van der Waals surface area contributed by atoms with Crippen molar-refractivity contribution in [1.29, 1.82) is 0 Å². The van der Waals surface area contributed by atoms with Crippen molar-refractivity contribution in [1.82, 2.24) is 9.62 Å². The largest absolute Gasteiger partial charge is 0.494 e. The van der Waals surface area contributed by atoms with Crippen molar-refractivity contribution in [3.63, 3.8) is 0 Å². The second kappa shape index (κ2) is 9.41. The molecule has 3 rings (SSSR count). The molecule has 1 fully saturated rings. The Morgan fingerprint density at radius 2 is 1.83 bits per heavy atom. The Hall–Kier alpha value is -2.38. The van der Waals surface area contributed by atoms with E-state index >= 15 is 0 Å². The molecule has 1 heterocycles. The first-order valence-corrected chi connectivity index (χ1v) is 11.4. The second-order valence-corrected chi connectivity index (χ2v) is 9.25. The van der Waals surface area contributed by atoms with E-state index in [1.54, 1.807) is 24.3 Å². The van der Waals surface area contributed by atoms with Gasteiger partial charge in [-0.25, -0.2) is 8.42 Å². The minimum absolute atomic E-state index is 0.0998. The predicted molar refractivity (Wildman–Crippen MR) is 112 cm³/mol. The monoisotopic (exact) mass is 416 g/mol. The number of aryl methyl sites for hydroxylation is 1. The van der Waals surface area contributed by atoms with E-state index in [1.165, 1.54) is 9.87 Å². The third kappa shape index (κ3) is 5.36. The fourth-order valence-corrected chi connectivity index (χ4v) is 4.96. The molecule has 1 N–H and O–H groups in total. The lowest BCUT2D eigenvalue weighted by Gasteiger charge is -2.31. The van der Waals surface area contributed by atoms with Crippen LogP contribution in [0.2, 0.25) is 0 Å². The Labute approximate surface area is 172 Å². The van der Waals surface area contributed by atoms with E-state index in [9.17, 15) is 13.2 Å². The van der Waals surface area contributed by atoms with Crippen LogP contribution in [0.5, 0.6) is 5.75 Å². The van der Waals surface area contributed by atoms with Gasteiger partial charge in [0, 0.05) is 19.6 Å². The lowest BCUT2D eigenvalue weighted by atomic mass is 9.98. The summed E-state index contributed by atoms with van der Waals surface area (Å²) in [6.07, 6.45) is 1.36. The molecule has 2 aromatic rings. The fourth-order valence-electron chi connectivity index (χ4n) is 3.44. The molecule has 1 amide bonds. The van der Waals surface area contributed by atoms with Gasteiger partial charge >= 0.3 is 0 Å². The Morgan fingerprint density at radius 1 is 1.14 bits per heavy atom. The number of nitrogens with zero attached hydrogens (tertiary/aromatic N) is 1. The van der Waals surface area contributed by atoms with E-state index in [1.807, 2.05) is 38.1 Å². The van der Waals surface area contributed by atoms with E-state index in [0.29, 0.717) is 38.3 Å². The van der Waals surface area contributed by atoms with Gasteiger partial charge in [0.2, 0.25) is 15.9 Å². The molecule has 1 atom stereocenters. The van der Waals surface area contributed by atoms with Crippen molar-refractivity contribution < 1.29 is 17.9 Å². The lowest BCUT2D eigenvalue weighted by molar-refractivity contribution is -0.126. The van der Waals surface area contributed by atoms with Gasteiger partial charge in [0.15, 0.2) is 0 Å². The summed E-state index contributed by atoms with van der Waals surface area (Å²) in [5, 5.41) is 2.94. The first-order chi connectivity index (χ1) is 13.9. The molecule has 0 aromatic heterocycles. The third-order valence-corrected chi connectivity index (χ3v) is 6.99. The zero-order valence-electron chi connectivity index (χ0n) is 16.9. The fraction of sp³-hybridized carbons (Fsp3) is 0.409. The molecule has 1 aliphatic heterocycles. The average Bonchev–Trinajstić information content (AvgIpc) is 2.74. The SMILES string of the molecule is CCOc1ccc(S(=O)(=O)N2CCC[C@@H](C(=O)NCc3ccc(C)cc3)C2)cc1. The summed E-state index contributed by atoms with van der Waals surface area (Å²) in [6.45, 7) is 5.50. The summed E-state index contributed by atoms with van der Waals surface area (Å²) >= 11 is 0. The molecular formula is C22H28N2O4S. The Kier molecular flexibility index (Phi) is 6.92. The summed E-state index contributed by atoms with van der Waals surface area (Å²) in [6, 6.07) is 14.4. The summed E-state index contributed by atoms with van der Waals surface area (Å²) in [5.74, 6) is 0.197. The van der Waals surface area contributed by atoms with Gasteiger partial charge in [0.1, 0.15) is 5.75 Å². The third-order valence-electron chi connectivity index (χ3n) is 5.11. The van der Waals surface area contributed by atoms with Gasteiger partial charge in [0.05, 0.1) is 17.4 Å². The van der Waals surface area contributed by atoms with Gasteiger partial charge in [-0.05, 0) is 56.5 Å². The maximum absolute atomic E-state index is 13.0. The number of hydrogen-bond acceptors (Lipinski definition) is 4. The minimum atomic E-state index is -3.63. The summed E-state index contributed by atoms with van der Waals surface area (Å²) in [7, 11) is -3.63. The molecule has 1 saturated heterocycles. The molecule has 156 valence electrons. The van der Waals surface area contributed by atoms with Crippen molar-refractivity contribution in [2.75, 3.05) is 19.7 Å². The molecule has 2 aromatic carbocycles. The highest BCUT2D eigenvalue weighted by Gasteiger charge is 2.33. The summed E-state index contributed by atoms with van der Waals surface area (Å²) in [5.41, 5.74) is 2.20. The normalized spacial score (nSPS) is 17.7. The van der Waals surface area contributed by atoms with E-state index in [2.05, 4.69) is 5.32 Å². The number of rotatable bonds is 7. The van der Waals surface area contributed by atoms with Gasteiger partial charge < -0.3 is 10.1 Å². The summed E-state index contributed by atoms with van der Waals surface area (Å²) in [4.78, 5) is 12.8. The lowest BCUT2D eigenvalue weighted by Crippen LogP contribution is -2.45. The topological polar surface area (TPSA) is 75.7 Å². The van der Waals surface area contributed by atoms with E-state index < -0.39 is 10.0 Å². The van der Waals surface area contributed by atoms with Crippen LogP contribution >= 0.6 is 0 Å². The van der Waals surface area contributed by atoms with Crippen LogP contribution in [-0.4, -0.2) is 38.3 Å². The maximum Gasteiger partial charge on any atom is 0.243 e. The van der Waals surface area contributed by atoms with Gasteiger partial charge in [-0.15, -0.1) is 0 Å². The highest BCUT2D eigenvalue weighted by atomic mass is 32.2. The standard InChI is InChI=1S/C22H28N2O4S/c1-3-28-20-10-12-21(13-11-20)29(26,27)24-14-4-5-19(16-24)22(25)23-15-18-8-6-17(2)7-9-18/h6-13,19H,3-5,14-16H2,1-2H3,(H,23,25)/t19-/m1/s1. The maximum atomic E-state index is 13.0. The molecular weight excluding hydrogens is 388 g/mol. The molecule has 0 aliphatic carbocycles. The van der Waals surface area contributed by atoms with Gasteiger partial charge in [-0.3, -0.25) is 4.79 Å². The first-order valence-electron chi connectivity index (χ1n) is 9.96. The number of carbonyl (C=O) groups excluding carboxylic acids is 1. The molecule has 6 nitrogen and oxygen atoms in total.